The molecule has 1 aliphatic rings. The molecule has 218 valence electrons. The van der Waals surface area contributed by atoms with Crippen molar-refractivity contribution in [1.82, 2.24) is 4.57 Å². The molecule has 1 heteroatoms. The van der Waals surface area contributed by atoms with Crippen LogP contribution in [0.25, 0.3) is 76.9 Å². The Morgan fingerprint density at radius 3 is 1.48 bits per heavy atom. The smallest absolute Gasteiger partial charge is 0.0537 e. The highest BCUT2D eigenvalue weighted by Gasteiger charge is 2.23. The predicted octanol–water partition coefficient (Wildman–Crippen LogP) is 12.4. The van der Waals surface area contributed by atoms with Crippen LogP contribution in [-0.4, -0.2) is 4.57 Å². The fraction of sp³-hybridized carbons (Fsp3) is 0.0667. The summed E-state index contributed by atoms with van der Waals surface area (Å²) in [6, 6.07) is 55.4. The predicted molar refractivity (Wildman–Crippen MR) is 198 cm³/mol. The van der Waals surface area contributed by atoms with Crippen molar-refractivity contribution < 1.29 is 0 Å². The first-order chi connectivity index (χ1) is 22.8. The first kappa shape index (κ1) is 26.7. The van der Waals surface area contributed by atoms with Crippen LogP contribution < -0.4 is 0 Å². The summed E-state index contributed by atoms with van der Waals surface area (Å²) in [6.07, 6.45) is 5.70. The topological polar surface area (TPSA) is 4.93 Å². The zero-order chi connectivity index (χ0) is 30.6. The SMILES string of the molecule is CC1CC(n2c3ccccc3c3ccccc32)=CC=C1c1ccc2c(-c3ccccc3)c3ccccc3c(-c3ccccc3)c2c1. The molecule has 0 spiro atoms. The minimum atomic E-state index is 0.367. The molecule has 0 radical (unpaired) electrons. The lowest BCUT2D eigenvalue weighted by molar-refractivity contribution is 0.750. The van der Waals surface area contributed by atoms with Crippen molar-refractivity contribution in [3.05, 3.63) is 169 Å². The summed E-state index contributed by atoms with van der Waals surface area (Å²) in [5.41, 5.74) is 11.7. The van der Waals surface area contributed by atoms with Gasteiger partial charge in [0.1, 0.15) is 0 Å². The molecule has 1 aliphatic carbocycles. The van der Waals surface area contributed by atoms with Crippen molar-refractivity contribution in [2.75, 3.05) is 0 Å². The molecule has 1 heterocycles. The molecule has 1 unspecified atom stereocenters. The Kier molecular flexibility index (Phi) is 6.24. The normalized spacial score (nSPS) is 15.0. The Labute approximate surface area is 269 Å². The Balaban J connectivity index is 1.27. The van der Waals surface area contributed by atoms with E-state index in [1.807, 2.05) is 0 Å². The molecule has 1 nitrogen and oxygen atoms in total. The summed E-state index contributed by atoms with van der Waals surface area (Å²) in [5, 5.41) is 7.79. The Morgan fingerprint density at radius 1 is 0.435 bits per heavy atom. The number of benzene rings is 7. The number of rotatable bonds is 4. The molecular weight excluding hydrogens is 555 g/mol. The maximum absolute atomic E-state index is 2.47. The molecule has 9 rings (SSSR count). The van der Waals surface area contributed by atoms with Crippen LogP contribution in [0.2, 0.25) is 0 Å². The molecule has 0 saturated heterocycles. The van der Waals surface area contributed by atoms with Crippen LogP contribution in [0.4, 0.5) is 0 Å². The van der Waals surface area contributed by atoms with Gasteiger partial charge in [0, 0.05) is 16.5 Å². The summed E-state index contributed by atoms with van der Waals surface area (Å²) < 4.78 is 2.47. The third kappa shape index (κ3) is 4.16. The molecule has 0 fully saturated rings. The van der Waals surface area contributed by atoms with Crippen molar-refractivity contribution in [2.24, 2.45) is 5.92 Å². The summed E-state index contributed by atoms with van der Waals surface area (Å²) >= 11 is 0. The number of hydrogen-bond acceptors (Lipinski definition) is 0. The van der Waals surface area contributed by atoms with Gasteiger partial charge >= 0.3 is 0 Å². The molecule has 7 aromatic carbocycles. The highest BCUT2D eigenvalue weighted by atomic mass is 15.0. The van der Waals surface area contributed by atoms with Crippen LogP contribution in [0.5, 0.6) is 0 Å². The second-order valence-corrected chi connectivity index (χ2v) is 12.5. The fourth-order valence-corrected chi connectivity index (χ4v) is 7.81. The molecule has 0 saturated carbocycles. The minimum Gasteiger partial charge on any atom is -0.313 e. The standard InChI is InChI=1S/C45H33N/c1-30-28-34(46-42-22-12-10-18-36(42)37-19-11-13-23-43(37)46)25-27-35(30)33-24-26-40-41(29-33)45(32-16-6-3-7-17-32)39-21-9-8-20-38(39)44(40)31-14-4-2-5-15-31/h2-27,29-30H,28H2,1H3. The van der Waals surface area contributed by atoms with Gasteiger partial charge in [-0.15, -0.1) is 0 Å². The largest absolute Gasteiger partial charge is 0.313 e. The number of fused-ring (bicyclic) bond motifs is 5. The molecule has 1 atom stereocenters. The molecule has 0 N–H and O–H groups in total. The Morgan fingerprint density at radius 2 is 0.913 bits per heavy atom. The quantitative estimate of drug-likeness (QED) is 0.181. The van der Waals surface area contributed by atoms with Crippen LogP contribution in [0, 0.1) is 5.92 Å². The van der Waals surface area contributed by atoms with Gasteiger partial charge in [-0.05, 0) is 91.5 Å². The van der Waals surface area contributed by atoms with E-state index >= 15 is 0 Å². The highest BCUT2D eigenvalue weighted by molar-refractivity contribution is 6.21. The molecule has 8 aromatic rings. The molecule has 0 bridgehead atoms. The van der Waals surface area contributed by atoms with E-state index in [1.54, 1.807) is 0 Å². The first-order valence-electron chi connectivity index (χ1n) is 16.3. The first-order valence-corrected chi connectivity index (χ1v) is 16.3. The van der Waals surface area contributed by atoms with Gasteiger partial charge < -0.3 is 4.57 Å². The maximum atomic E-state index is 2.47. The second-order valence-electron chi connectivity index (χ2n) is 12.5. The lowest BCUT2D eigenvalue weighted by atomic mass is 9.82. The monoisotopic (exact) mass is 587 g/mol. The third-order valence-electron chi connectivity index (χ3n) is 9.85. The van der Waals surface area contributed by atoms with E-state index < -0.39 is 0 Å². The van der Waals surface area contributed by atoms with E-state index in [2.05, 4.69) is 175 Å². The Hall–Kier alpha value is -5.66. The lowest BCUT2D eigenvalue weighted by Crippen LogP contribution is -2.08. The number of para-hydroxylation sites is 2. The molecule has 0 aliphatic heterocycles. The Bertz CT molecular complexity index is 2440. The van der Waals surface area contributed by atoms with Gasteiger partial charge in [0.2, 0.25) is 0 Å². The highest BCUT2D eigenvalue weighted by Crippen LogP contribution is 2.46. The number of hydrogen-bond donors (Lipinski definition) is 0. The van der Waals surface area contributed by atoms with E-state index in [0.29, 0.717) is 5.92 Å². The molecular formula is C45H33N. The van der Waals surface area contributed by atoms with Crippen LogP contribution in [0.15, 0.2) is 164 Å². The van der Waals surface area contributed by atoms with Crippen LogP contribution in [0.3, 0.4) is 0 Å². The van der Waals surface area contributed by atoms with Crippen molar-refractivity contribution >= 4 is 54.6 Å². The van der Waals surface area contributed by atoms with Crippen LogP contribution in [-0.2, 0) is 0 Å². The number of nitrogens with zero attached hydrogens (tertiary/aromatic N) is 1. The van der Waals surface area contributed by atoms with E-state index in [-0.39, 0.29) is 0 Å². The van der Waals surface area contributed by atoms with Crippen molar-refractivity contribution in [1.29, 1.82) is 0 Å². The zero-order valence-corrected chi connectivity index (χ0v) is 25.8. The van der Waals surface area contributed by atoms with Crippen LogP contribution >= 0.6 is 0 Å². The van der Waals surface area contributed by atoms with Crippen molar-refractivity contribution in [2.45, 2.75) is 13.3 Å². The van der Waals surface area contributed by atoms with Gasteiger partial charge in [0.05, 0.1) is 11.0 Å². The molecule has 0 amide bonds. The van der Waals surface area contributed by atoms with Crippen molar-refractivity contribution in [3.63, 3.8) is 0 Å². The maximum Gasteiger partial charge on any atom is 0.0537 e. The van der Waals surface area contributed by atoms with Crippen LogP contribution in [0.1, 0.15) is 18.9 Å². The third-order valence-corrected chi connectivity index (χ3v) is 9.85. The second kappa shape index (κ2) is 10.8. The van der Waals surface area contributed by atoms with Gasteiger partial charge in [-0.3, -0.25) is 0 Å². The summed E-state index contributed by atoms with van der Waals surface area (Å²) in [6.45, 7) is 2.38. The number of allylic oxidation sites excluding steroid dienone is 4. The van der Waals surface area contributed by atoms with Gasteiger partial charge in [-0.1, -0.05) is 146 Å². The van der Waals surface area contributed by atoms with Crippen molar-refractivity contribution in [3.8, 4) is 22.3 Å². The zero-order valence-electron chi connectivity index (χ0n) is 25.8. The number of aromatic nitrogens is 1. The van der Waals surface area contributed by atoms with Gasteiger partial charge in [-0.2, -0.15) is 0 Å². The van der Waals surface area contributed by atoms with E-state index in [1.165, 1.54) is 82.4 Å². The lowest BCUT2D eigenvalue weighted by Gasteiger charge is -2.25. The average Bonchev–Trinajstić information content (AvgIpc) is 3.45. The van der Waals surface area contributed by atoms with E-state index in [0.717, 1.165) is 6.42 Å². The van der Waals surface area contributed by atoms with E-state index in [9.17, 15) is 0 Å². The summed E-state index contributed by atoms with van der Waals surface area (Å²) in [7, 11) is 0. The van der Waals surface area contributed by atoms with Gasteiger partial charge in [0.25, 0.3) is 0 Å². The minimum absolute atomic E-state index is 0.367. The molecule has 46 heavy (non-hydrogen) atoms. The fourth-order valence-electron chi connectivity index (χ4n) is 7.81. The average molecular weight is 588 g/mol. The molecule has 1 aromatic heterocycles. The van der Waals surface area contributed by atoms with Gasteiger partial charge in [0.15, 0.2) is 0 Å². The van der Waals surface area contributed by atoms with E-state index in [4.69, 9.17) is 0 Å². The summed E-state index contributed by atoms with van der Waals surface area (Å²) in [4.78, 5) is 0. The summed E-state index contributed by atoms with van der Waals surface area (Å²) in [5.74, 6) is 0.367. The van der Waals surface area contributed by atoms with Gasteiger partial charge in [-0.25, -0.2) is 0 Å².